The van der Waals surface area contributed by atoms with Gasteiger partial charge in [-0.15, -0.1) is 0 Å². The molecule has 10 heavy (non-hydrogen) atoms. The Morgan fingerprint density at radius 3 is 2.40 bits per heavy atom. The quantitative estimate of drug-likeness (QED) is 0.501. The van der Waals surface area contributed by atoms with E-state index in [0.29, 0.717) is 6.29 Å². The lowest BCUT2D eigenvalue weighted by Crippen LogP contribution is -2.43. The van der Waals surface area contributed by atoms with Crippen molar-refractivity contribution in [3.8, 4) is 0 Å². The highest BCUT2D eigenvalue weighted by molar-refractivity contribution is 5.83. The normalized spacial score (nSPS) is 15.5. The average molecular weight is 144 g/mol. The maximum atomic E-state index is 10.7. The van der Waals surface area contributed by atoms with E-state index in [1.54, 1.807) is 13.8 Å². The number of aldehydes is 1. The van der Waals surface area contributed by atoms with Gasteiger partial charge in [-0.1, -0.05) is 0 Å². The first-order chi connectivity index (χ1) is 4.57. The lowest BCUT2D eigenvalue weighted by atomic mass is 10.3. The van der Waals surface area contributed by atoms with Crippen LogP contribution in [0, 0.1) is 0 Å². The Balaban J connectivity index is 3.68. The Morgan fingerprint density at radius 2 is 2.10 bits per heavy atom. The van der Waals surface area contributed by atoms with Gasteiger partial charge in [-0.25, -0.2) is 0 Å². The third kappa shape index (κ3) is 3.19. The molecule has 0 aliphatic rings. The summed E-state index contributed by atoms with van der Waals surface area (Å²) in [6.45, 7) is 3.15. The summed E-state index contributed by atoms with van der Waals surface area (Å²) in [5.41, 5.74) is 5.21. The van der Waals surface area contributed by atoms with Crippen molar-refractivity contribution in [3.63, 3.8) is 0 Å². The molecule has 0 aromatic carbocycles. The molecular formula is C6H12N2O2. The minimum Gasteiger partial charge on any atom is -0.346 e. The highest BCUT2D eigenvalue weighted by Gasteiger charge is 2.08. The summed E-state index contributed by atoms with van der Waals surface area (Å²) in [4.78, 5) is 20.7. The van der Waals surface area contributed by atoms with E-state index in [4.69, 9.17) is 5.73 Å². The van der Waals surface area contributed by atoms with Gasteiger partial charge in [0.25, 0.3) is 0 Å². The van der Waals surface area contributed by atoms with Gasteiger partial charge in [-0.05, 0) is 13.8 Å². The van der Waals surface area contributed by atoms with Crippen LogP contribution in [-0.4, -0.2) is 24.3 Å². The van der Waals surface area contributed by atoms with Crippen molar-refractivity contribution in [2.75, 3.05) is 0 Å². The predicted molar refractivity (Wildman–Crippen MR) is 37.3 cm³/mol. The van der Waals surface area contributed by atoms with E-state index in [1.807, 2.05) is 0 Å². The zero-order chi connectivity index (χ0) is 8.15. The molecule has 58 valence electrons. The first kappa shape index (κ1) is 9.10. The number of rotatable bonds is 3. The molecule has 0 saturated heterocycles. The Hall–Kier alpha value is -0.900. The van der Waals surface area contributed by atoms with Gasteiger partial charge in [0.1, 0.15) is 6.29 Å². The van der Waals surface area contributed by atoms with Gasteiger partial charge in [0, 0.05) is 0 Å². The first-order valence-electron chi connectivity index (χ1n) is 3.09. The topological polar surface area (TPSA) is 72.2 Å². The van der Waals surface area contributed by atoms with Crippen LogP contribution < -0.4 is 11.1 Å². The van der Waals surface area contributed by atoms with Crippen LogP contribution in [0.2, 0.25) is 0 Å². The van der Waals surface area contributed by atoms with Gasteiger partial charge in [0.05, 0.1) is 12.1 Å². The van der Waals surface area contributed by atoms with Crippen LogP contribution in [-0.2, 0) is 9.59 Å². The SMILES string of the molecule is CC(C=O)NC(=O)[C@H](C)N. The number of hydrogen-bond donors (Lipinski definition) is 2. The smallest absolute Gasteiger partial charge is 0.237 e. The van der Waals surface area contributed by atoms with Crippen LogP contribution in [0.4, 0.5) is 0 Å². The van der Waals surface area contributed by atoms with Crippen molar-refractivity contribution in [1.29, 1.82) is 0 Å². The molecule has 0 aromatic heterocycles. The molecule has 4 heteroatoms. The fraction of sp³-hybridized carbons (Fsp3) is 0.667. The molecule has 0 heterocycles. The number of amides is 1. The Bertz CT molecular complexity index is 134. The molecule has 0 aromatic rings. The minimum atomic E-state index is -0.553. The zero-order valence-electron chi connectivity index (χ0n) is 6.13. The van der Waals surface area contributed by atoms with Crippen LogP contribution >= 0.6 is 0 Å². The van der Waals surface area contributed by atoms with Crippen LogP contribution in [0.15, 0.2) is 0 Å². The maximum Gasteiger partial charge on any atom is 0.237 e. The standard InChI is InChI=1S/C6H12N2O2/c1-4(3-9)8-6(10)5(2)7/h3-5H,7H2,1-2H3,(H,8,10)/t4?,5-/m0/s1. The van der Waals surface area contributed by atoms with Crippen LogP contribution in [0.3, 0.4) is 0 Å². The van der Waals surface area contributed by atoms with E-state index in [-0.39, 0.29) is 5.91 Å². The van der Waals surface area contributed by atoms with Crippen LogP contribution in [0.5, 0.6) is 0 Å². The molecule has 0 fully saturated rings. The minimum absolute atomic E-state index is 0.306. The van der Waals surface area contributed by atoms with Crippen molar-refractivity contribution in [2.45, 2.75) is 25.9 Å². The van der Waals surface area contributed by atoms with Gasteiger partial charge >= 0.3 is 0 Å². The number of carbonyl (C=O) groups is 2. The summed E-state index contributed by atoms with van der Waals surface area (Å²) >= 11 is 0. The summed E-state index contributed by atoms with van der Waals surface area (Å²) in [6, 6.07) is -0.999. The number of carbonyl (C=O) groups excluding carboxylic acids is 2. The maximum absolute atomic E-state index is 10.7. The van der Waals surface area contributed by atoms with Crippen molar-refractivity contribution in [1.82, 2.24) is 5.32 Å². The molecule has 0 radical (unpaired) electrons. The predicted octanol–water partition coefficient (Wildman–Crippen LogP) is -0.963. The van der Waals surface area contributed by atoms with Gasteiger partial charge in [-0.3, -0.25) is 4.79 Å². The summed E-state index contributed by atoms with van der Waals surface area (Å²) in [7, 11) is 0. The molecule has 0 saturated carbocycles. The number of nitrogens with one attached hydrogen (secondary N) is 1. The van der Waals surface area contributed by atoms with E-state index >= 15 is 0 Å². The van der Waals surface area contributed by atoms with Crippen molar-refractivity contribution < 1.29 is 9.59 Å². The summed E-state index contributed by atoms with van der Waals surface area (Å²) in [5, 5.41) is 2.40. The van der Waals surface area contributed by atoms with Crippen molar-refractivity contribution >= 4 is 12.2 Å². The van der Waals surface area contributed by atoms with Crippen LogP contribution in [0.1, 0.15) is 13.8 Å². The van der Waals surface area contributed by atoms with E-state index < -0.39 is 12.1 Å². The second kappa shape index (κ2) is 4.00. The highest BCUT2D eigenvalue weighted by atomic mass is 16.2. The van der Waals surface area contributed by atoms with E-state index in [0.717, 1.165) is 0 Å². The van der Waals surface area contributed by atoms with Gasteiger partial charge in [0.2, 0.25) is 5.91 Å². The number of nitrogens with two attached hydrogens (primary N) is 1. The Kier molecular flexibility index (Phi) is 3.64. The van der Waals surface area contributed by atoms with E-state index in [1.165, 1.54) is 0 Å². The lowest BCUT2D eigenvalue weighted by molar-refractivity contribution is -0.124. The number of hydrogen-bond acceptors (Lipinski definition) is 3. The molecule has 2 atom stereocenters. The van der Waals surface area contributed by atoms with Gasteiger partial charge in [-0.2, -0.15) is 0 Å². The molecule has 0 spiro atoms. The Labute approximate surface area is 59.8 Å². The molecule has 0 aliphatic carbocycles. The summed E-state index contributed by atoms with van der Waals surface area (Å²) in [5.74, 6) is -0.306. The monoisotopic (exact) mass is 144 g/mol. The fourth-order valence-corrected chi connectivity index (χ4v) is 0.390. The molecule has 3 N–H and O–H groups in total. The first-order valence-corrected chi connectivity index (χ1v) is 3.09. The second-order valence-corrected chi connectivity index (χ2v) is 2.22. The fourth-order valence-electron chi connectivity index (χ4n) is 0.390. The zero-order valence-corrected chi connectivity index (χ0v) is 6.13. The summed E-state index contributed by atoms with van der Waals surface area (Å²) in [6.07, 6.45) is 0.653. The highest BCUT2D eigenvalue weighted by Crippen LogP contribution is 1.78. The average Bonchev–Trinajstić information content (AvgIpc) is 1.87. The third-order valence-electron chi connectivity index (χ3n) is 0.988. The van der Waals surface area contributed by atoms with Gasteiger partial charge in [0.15, 0.2) is 0 Å². The molecule has 1 amide bonds. The molecule has 1 unspecified atom stereocenters. The molecule has 4 nitrogen and oxygen atoms in total. The molecule has 0 bridgehead atoms. The van der Waals surface area contributed by atoms with Crippen LogP contribution in [0.25, 0.3) is 0 Å². The lowest BCUT2D eigenvalue weighted by Gasteiger charge is -2.08. The van der Waals surface area contributed by atoms with Crippen molar-refractivity contribution in [3.05, 3.63) is 0 Å². The van der Waals surface area contributed by atoms with E-state index in [2.05, 4.69) is 5.32 Å². The van der Waals surface area contributed by atoms with E-state index in [9.17, 15) is 9.59 Å². The van der Waals surface area contributed by atoms with Crippen molar-refractivity contribution in [2.24, 2.45) is 5.73 Å². The van der Waals surface area contributed by atoms with Gasteiger partial charge < -0.3 is 15.8 Å². The third-order valence-corrected chi connectivity index (χ3v) is 0.988. The second-order valence-electron chi connectivity index (χ2n) is 2.22. The largest absolute Gasteiger partial charge is 0.346 e. The molecular weight excluding hydrogens is 132 g/mol. The molecule has 0 rings (SSSR count). The Morgan fingerprint density at radius 1 is 1.60 bits per heavy atom. The summed E-state index contributed by atoms with van der Waals surface area (Å²) < 4.78 is 0. The molecule has 0 aliphatic heterocycles.